The molecule has 5 rings (SSSR count). The predicted octanol–water partition coefficient (Wildman–Crippen LogP) is 2.41. The van der Waals surface area contributed by atoms with E-state index in [1.165, 1.54) is 32.4 Å². The Morgan fingerprint density at radius 1 is 0.828 bits per heavy atom. The van der Waals surface area contributed by atoms with Crippen molar-refractivity contribution in [2.75, 3.05) is 0 Å². The smallest absolute Gasteiger partial charge is 0.359 e. The van der Waals surface area contributed by atoms with Gasteiger partial charge in [0, 0.05) is 18.1 Å². The highest BCUT2D eigenvalue weighted by Gasteiger charge is 2.29. The lowest BCUT2D eigenvalue weighted by molar-refractivity contribution is -0.700. The first-order valence-electron chi connectivity index (χ1n) is 9.62. The van der Waals surface area contributed by atoms with Crippen LogP contribution in [0.3, 0.4) is 0 Å². The molecule has 1 heterocycles. The molecule has 0 saturated carbocycles. The van der Waals surface area contributed by atoms with E-state index in [4.69, 9.17) is 0 Å². The van der Waals surface area contributed by atoms with Crippen molar-refractivity contribution in [1.82, 2.24) is 0 Å². The highest BCUT2D eigenvalue weighted by molar-refractivity contribution is 5.73. The normalized spacial score (nSPS) is 14.5. The van der Waals surface area contributed by atoms with E-state index in [0.29, 0.717) is 0 Å². The topological polar surface area (TPSA) is 3.88 Å². The van der Waals surface area contributed by atoms with Gasteiger partial charge in [0.15, 0.2) is 6.20 Å². The van der Waals surface area contributed by atoms with E-state index in [-0.39, 0.29) is 35.8 Å². The zero-order valence-corrected chi connectivity index (χ0v) is 18.3. The van der Waals surface area contributed by atoms with E-state index in [2.05, 4.69) is 72.8 Å². The first-order chi connectivity index (χ1) is 13.7. The van der Waals surface area contributed by atoms with Crippen LogP contribution in [0.5, 0.6) is 0 Å². The van der Waals surface area contributed by atoms with Crippen molar-refractivity contribution >= 4 is 0 Å². The molecule has 0 bridgehead atoms. The summed E-state index contributed by atoms with van der Waals surface area (Å²) < 4.78 is 15.8. The van der Waals surface area contributed by atoms with E-state index in [1.807, 2.05) is 6.07 Å². The number of aromatic nitrogens is 1. The highest BCUT2D eigenvalue weighted by atomic mass is 127. The van der Waals surface area contributed by atoms with Crippen molar-refractivity contribution < 1.29 is 32.9 Å². The Balaban J connectivity index is 0.00000205. The summed E-state index contributed by atoms with van der Waals surface area (Å²) in [6.45, 7) is 0. The summed E-state index contributed by atoms with van der Waals surface area (Å²) in [7, 11) is 1.72. The van der Waals surface area contributed by atoms with Gasteiger partial charge in [-0.05, 0) is 45.4 Å². The van der Waals surface area contributed by atoms with Gasteiger partial charge >= 0.3 is 5.95 Å². The second-order valence-electron chi connectivity index (χ2n) is 7.45. The highest BCUT2D eigenvalue weighted by Crippen LogP contribution is 2.45. The van der Waals surface area contributed by atoms with Gasteiger partial charge in [0.2, 0.25) is 0 Å². The van der Waals surface area contributed by atoms with E-state index >= 15 is 0 Å². The summed E-state index contributed by atoms with van der Waals surface area (Å²) in [5, 5.41) is 0. The standard InChI is InChI=1S/C26H21FN.HI/c1-28-15-14-20(17-24(28)27)23-13-7-11-21-16-19-10-5-6-12-22(19)25(26(21)23)18-8-3-2-4-9-18;/h2-15,17,25H,16H2,1H3;1H/q+1;/p-1. The first kappa shape index (κ1) is 19.8. The summed E-state index contributed by atoms with van der Waals surface area (Å²) in [4.78, 5) is 0. The van der Waals surface area contributed by atoms with Crippen LogP contribution >= 0.6 is 0 Å². The Morgan fingerprint density at radius 3 is 2.34 bits per heavy atom. The van der Waals surface area contributed by atoms with Gasteiger partial charge < -0.3 is 24.0 Å². The molecule has 144 valence electrons. The molecular formula is C26H21FIN. The molecule has 3 aromatic carbocycles. The quantitative estimate of drug-likeness (QED) is 0.202. The summed E-state index contributed by atoms with van der Waals surface area (Å²) >= 11 is 0. The minimum absolute atomic E-state index is 0. The van der Waals surface area contributed by atoms with Crippen molar-refractivity contribution in [3.05, 3.63) is 125 Å². The monoisotopic (exact) mass is 493 g/mol. The van der Waals surface area contributed by atoms with E-state index < -0.39 is 0 Å². The van der Waals surface area contributed by atoms with Gasteiger partial charge in [-0.25, -0.2) is 0 Å². The van der Waals surface area contributed by atoms with Crippen LogP contribution in [0.1, 0.15) is 33.7 Å². The maximum absolute atomic E-state index is 14.3. The lowest BCUT2D eigenvalue weighted by atomic mass is 9.72. The zero-order valence-electron chi connectivity index (χ0n) is 16.1. The molecule has 1 aliphatic rings. The van der Waals surface area contributed by atoms with Crippen LogP contribution in [0.2, 0.25) is 0 Å². The Morgan fingerprint density at radius 2 is 1.55 bits per heavy atom. The zero-order chi connectivity index (χ0) is 19.1. The Kier molecular flexibility index (Phi) is 5.50. The molecule has 1 atom stereocenters. The number of hydrogen-bond acceptors (Lipinski definition) is 0. The van der Waals surface area contributed by atoms with Gasteiger partial charge in [0.05, 0.1) is 0 Å². The summed E-state index contributed by atoms with van der Waals surface area (Å²) in [5.41, 5.74) is 8.63. The van der Waals surface area contributed by atoms with Gasteiger partial charge in [-0.3, -0.25) is 0 Å². The number of rotatable bonds is 2. The molecule has 0 saturated heterocycles. The minimum atomic E-state index is -0.234. The molecule has 0 aliphatic heterocycles. The van der Waals surface area contributed by atoms with E-state index in [9.17, 15) is 4.39 Å². The molecule has 0 spiro atoms. The average molecular weight is 493 g/mol. The number of benzene rings is 3. The third-order valence-electron chi connectivity index (χ3n) is 5.77. The van der Waals surface area contributed by atoms with Crippen molar-refractivity contribution in [3.8, 4) is 11.1 Å². The lowest BCUT2D eigenvalue weighted by Crippen LogP contribution is -3.00. The predicted molar refractivity (Wildman–Crippen MR) is 110 cm³/mol. The van der Waals surface area contributed by atoms with E-state index in [1.54, 1.807) is 19.3 Å². The molecule has 29 heavy (non-hydrogen) atoms. The maximum atomic E-state index is 14.3. The number of hydrogen-bond donors (Lipinski definition) is 0. The molecule has 1 nitrogen and oxygen atoms in total. The van der Waals surface area contributed by atoms with Crippen molar-refractivity contribution in [1.29, 1.82) is 0 Å². The number of nitrogens with zero attached hydrogens (tertiary/aromatic N) is 1. The van der Waals surface area contributed by atoms with Gasteiger partial charge in [-0.15, -0.1) is 4.39 Å². The van der Waals surface area contributed by atoms with Crippen LogP contribution in [-0.2, 0) is 13.5 Å². The van der Waals surface area contributed by atoms with Crippen molar-refractivity contribution in [3.63, 3.8) is 0 Å². The van der Waals surface area contributed by atoms with Crippen LogP contribution < -0.4 is 28.5 Å². The van der Waals surface area contributed by atoms with Crippen LogP contribution in [-0.4, -0.2) is 0 Å². The lowest BCUT2D eigenvalue weighted by Gasteiger charge is -2.31. The molecule has 4 aromatic rings. The number of halogens is 2. The molecular weight excluding hydrogens is 472 g/mol. The minimum Gasteiger partial charge on any atom is -1.00 e. The second kappa shape index (κ2) is 8.07. The third kappa shape index (κ3) is 3.48. The molecule has 1 aromatic heterocycles. The van der Waals surface area contributed by atoms with Crippen LogP contribution in [0.15, 0.2) is 91.1 Å². The largest absolute Gasteiger partial charge is 1.00 e. The fourth-order valence-electron chi connectivity index (χ4n) is 4.40. The molecule has 0 fully saturated rings. The van der Waals surface area contributed by atoms with Crippen LogP contribution in [0.4, 0.5) is 4.39 Å². The Hall–Kier alpha value is -2.53. The van der Waals surface area contributed by atoms with Gasteiger partial charge in [-0.2, -0.15) is 4.57 Å². The summed E-state index contributed by atoms with van der Waals surface area (Å²) in [6, 6.07) is 29.4. The number of pyridine rings is 1. The fourth-order valence-corrected chi connectivity index (χ4v) is 4.40. The molecule has 0 radical (unpaired) electrons. The van der Waals surface area contributed by atoms with Gasteiger partial charge in [-0.1, -0.05) is 72.8 Å². The molecule has 1 aliphatic carbocycles. The summed E-state index contributed by atoms with van der Waals surface area (Å²) in [6.07, 6.45) is 2.70. The van der Waals surface area contributed by atoms with Crippen LogP contribution in [0, 0.1) is 5.95 Å². The number of fused-ring (bicyclic) bond motifs is 2. The number of aryl methyl sites for hydroxylation is 1. The van der Waals surface area contributed by atoms with Crippen molar-refractivity contribution in [2.45, 2.75) is 12.3 Å². The average Bonchev–Trinajstić information content (AvgIpc) is 2.74. The fraction of sp³-hybridized carbons (Fsp3) is 0.115. The summed E-state index contributed by atoms with van der Waals surface area (Å²) in [5.74, 6) is -0.0862. The first-order valence-corrected chi connectivity index (χ1v) is 9.62. The van der Waals surface area contributed by atoms with Crippen molar-refractivity contribution in [2.24, 2.45) is 7.05 Å². The molecule has 0 N–H and O–H groups in total. The maximum Gasteiger partial charge on any atom is 0.359 e. The second-order valence-corrected chi connectivity index (χ2v) is 7.45. The molecule has 3 heteroatoms. The SMILES string of the molecule is C[n+]1ccc(-c2cccc3c2C(c2ccccc2)c2ccccc2C3)cc1F.[I-]. The molecule has 1 unspecified atom stereocenters. The molecule has 0 amide bonds. The van der Waals surface area contributed by atoms with Crippen LogP contribution in [0.25, 0.3) is 11.1 Å². The van der Waals surface area contributed by atoms with E-state index in [0.717, 1.165) is 17.5 Å². The van der Waals surface area contributed by atoms with Gasteiger partial charge in [0.1, 0.15) is 7.05 Å². The van der Waals surface area contributed by atoms with Gasteiger partial charge in [0.25, 0.3) is 0 Å². The Bertz CT molecular complexity index is 1170. The third-order valence-corrected chi connectivity index (χ3v) is 5.77. The Labute approximate surface area is 187 Å².